The Balaban J connectivity index is 2.26. The average Bonchev–Trinajstić information content (AvgIpc) is 2.81. The van der Waals surface area contributed by atoms with Crippen LogP contribution in [-0.4, -0.2) is 34.7 Å². The molecule has 1 N–H and O–H groups in total. The highest BCUT2D eigenvalue weighted by molar-refractivity contribution is 5.78. The number of nitrogens with one attached hydrogen (secondary N) is 1. The lowest BCUT2D eigenvalue weighted by Gasteiger charge is -2.10. The zero-order chi connectivity index (χ0) is 16.5. The molecule has 0 aliphatic heterocycles. The van der Waals surface area contributed by atoms with Crippen LogP contribution in [0.3, 0.4) is 0 Å². The van der Waals surface area contributed by atoms with Crippen LogP contribution in [0.5, 0.6) is 0 Å². The fourth-order valence-corrected chi connectivity index (χ4v) is 1.83. The lowest BCUT2D eigenvalue weighted by atomic mass is 10.1. The Hall–Kier alpha value is -2.51. The minimum atomic E-state index is -4.61. The summed E-state index contributed by atoms with van der Waals surface area (Å²) in [7, 11) is 3.27. The van der Waals surface area contributed by atoms with E-state index in [9.17, 15) is 22.8 Å². The van der Waals surface area contributed by atoms with Crippen molar-refractivity contribution >= 4 is 5.91 Å². The van der Waals surface area contributed by atoms with Gasteiger partial charge in [-0.3, -0.25) is 14.7 Å². The Morgan fingerprint density at radius 3 is 2.27 bits per heavy atom. The first-order valence-electron chi connectivity index (χ1n) is 6.37. The molecule has 1 heterocycles. The number of aromatic amines is 1. The van der Waals surface area contributed by atoms with Gasteiger partial charge in [0.15, 0.2) is 0 Å². The molecule has 8 heteroatoms. The van der Waals surface area contributed by atoms with Crippen LogP contribution >= 0.6 is 0 Å². The molecule has 0 aliphatic rings. The maximum atomic E-state index is 12.6. The van der Waals surface area contributed by atoms with E-state index in [0.29, 0.717) is 11.6 Å². The second-order valence-electron chi connectivity index (χ2n) is 4.97. The number of likely N-dealkylation sites (N-methyl/N-ethyl adjacent to an activating group) is 1. The number of carbonyl (C=O) groups excluding carboxylic acids is 1. The van der Waals surface area contributed by atoms with Gasteiger partial charge in [-0.25, -0.2) is 4.68 Å². The van der Waals surface area contributed by atoms with E-state index in [2.05, 4.69) is 0 Å². The Morgan fingerprint density at radius 1 is 1.23 bits per heavy atom. The monoisotopic (exact) mass is 313 g/mol. The van der Waals surface area contributed by atoms with Gasteiger partial charge in [0.1, 0.15) is 5.69 Å². The van der Waals surface area contributed by atoms with Crippen LogP contribution in [0, 0.1) is 0 Å². The molecule has 0 aliphatic carbocycles. The SMILES string of the molecule is CN(C)C(=O)Cc1ccc(-n2[nH]c(C(F)(F)F)cc2=O)cc1. The topological polar surface area (TPSA) is 58.1 Å². The number of nitrogens with zero attached hydrogens (tertiary/aromatic N) is 2. The zero-order valence-electron chi connectivity index (χ0n) is 11.9. The van der Waals surface area contributed by atoms with E-state index in [1.165, 1.54) is 17.0 Å². The first-order chi connectivity index (χ1) is 10.2. The molecule has 2 rings (SSSR count). The molecule has 1 aromatic heterocycles. The predicted molar refractivity (Wildman–Crippen MR) is 73.8 cm³/mol. The summed E-state index contributed by atoms with van der Waals surface area (Å²) < 4.78 is 38.5. The third-order valence-corrected chi connectivity index (χ3v) is 3.07. The molecule has 0 radical (unpaired) electrons. The van der Waals surface area contributed by atoms with Crippen molar-refractivity contribution in [2.75, 3.05) is 14.1 Å². The van der Waals surface area contributed by atoms with Gasteiger partial charge in [0.25, 0.3) is 5.56 Å². The van der Waals surface area contributed by atoms with Gasteiger partial charge in [0.2, 0.25) is 5.91 Å². The molecule has 0 saturated heterocycles. The molecule has 0 saturated carbocycles. The van der Waals surface area contributed by atoms with Crippen LogP contribution in [0.1, 0.15) is 11.3 Å². The van der Waals surface area contributed by atoms with Gasteiger partial charge >= 0.3 is 6.18 Å². The Bertz CT molecular complexity index is 727. The van der Waals surface area contributed by atoms with Crippen molar-refractivity contribution in [3.63, 3.8) is 0 Å². The predicted octanol–water partition coefficient (Wildman–Crippen LogP) is 1.82. The van der Waals surface area contributed by atoms with Crippen LogP contribution in [0.25, 0.3) is 5.69 Å². The number of hydrogen-bond acceptors (Lipinski definition) is 2. The molecule has 0 fully saturated rings. The fraction of sp³-hybridized carbons (Fsp3) is 0.286. The van der Waals surface area contributed by atoms with Crippen molar-refractivity contribution in [3.05, 3.63) is 51.9 Å². The van der Waals surface area contributed by atoms with E-state index in [0.717, 1.165) is 4.68 Å². The van der Waals surface area contributed by atoms with E-state index in [1.54, 1.807) is 26.2 Å². The molecule has 0 bridgehead atoms. The molecule has 1 aromatic carbocycles. The van der Waals surface area contributed by atoms with Crippen LogP contribution in [0.2, 0.25) is 0 Å². The fourth-order valence-electron chi connectivity index (χ4n) is 1.83. The van der Waals surface area contributed by atoms with E-state index in [1.807, 2.05) is 5.10 Å². The normalized spacial score (nSPS) is 11.5. The maximum Gasteiger partial charge on any atom is 0.432 e. The number of aromatic nitrogens is 2. The van der Waals surface area contributed by atoms with Crippen LogP contribution < -0.4 is 5.56 Å². The standard InChI is InChI=1S/C14H14F3N3O2/c1-19(2)12(21)7-9-3-5-10(6-4-9)20-13(22)8-11(18-20)14(15,16)17/h3-6,8,18H,7H2,1-2H3. The maximum absolute atomic E-state index is 12.6. The number of H-pyrrole nitrogens is 1. The quantitative estimate of drug-likeness (QED) is 0.939. The Kier molecular flexibility index (Phi) is 4.11. The lowest BCUT2D eigenvalue weighted by molar-refractivity contribution is -0.141. The Morgan fingerprint density at radius 2 is 1.82 bits per heavy atom. The van der Waals surface area contributed by atoms with Gasteiger partial charge in [-0.2, -0.15) is 13.2 Å². The molecule has 22 heavy (non-hydrogen) atoms. The van der Waals surface area contributed by atoms with E-state index >= 15 is 0 Å². The molecule has 1 amide bonds. The number of amides is 1. The summed E-state index contributed by atoms with van der Waals surface area (Å²) in [5, 5.41) is 2.02. The van der Waals surface area contributed by atoms with Crippen molar-refractivity contribution in [2.24, 2.45) is 0 Å². The lowest BCUT2D eigenvalue weighted by Crippen LogP contribution is -2.23. The van der Waals surface area contributed by atoms with E-state index < -0.39 is 17.4 Å². The summed E-state index contributed by atoms with van der Waals surface area (Å²) in [6, 6.07) is 6.66. The summed E-state index contributed by atoms with van der Waals surface area (Å²) in [6.45, 7) is 0. The third kappa shape index (κ3) is 3.38. The number of halogens is 3. The van der Waals surface area contributed by atoms with Gasteiger partial charge in [0.05, 0.1) is 12.1 Å². The largest absolute Gasteiger partial charge is 0.432 e. The number of benzene rings is 1. The minimum Gasteiger partial charge on any atom is -0.349 e. The number of carbonyl (C=O) groups is 1. The smallest absolute Gasteiger partial charge is 0.349 e. The summed E-state index contributed by atoms with van der Waals surface area (Å²) in [4.78, 5) is 24.6. The number of rotatable bonds is 3. The molecule has 0 spiro atoms. The van der Waals surface area contributed by atoms with Crippen molar-refractivity contribution < 1.29 is 18.0 Å². The molecular weight excluding hydrogens is 299 g/mol. The van der Waals surface area contributed by atoms with Crippen LogP contribution in [0.15, 0.2) is 35.1 Å². The minimum absolute atomic E-state index is 0.0934. The van der Waals surface area contributed by atoms with E-state index in [4.69, 9.17) is 0 Å². The van der Waals surface area contributed by atoms with Gasteiger partial charge in [-0.1, -0.05) is 12.1 Å². The molecular formula is C14H14F3N3O2. The van der Waals surface area contributed by atoms with Crippen molar-refractivity contribution in [1.82, 2.24) is 14.7 Å². The van der Waals surface area contributed by atoms with E-state index in [-0.39, 0.29) is 18.0 Å². The first-order valence-corrected chi connectivity index (χ1v) is 6.37. The highest BCUT2D eigenvalue weighted by Crippen LogP contribution is 2.26. The van der Waals surface area contributed by atoms with Gasteiger partial charge in [-0.05, 0) is 17.7 Å². The van der Waals surface area contributed by atoms with Crippen molar-refractivity contribution in [3.8, 4) is 5.69 Å². The van der Waals surface area contributed by atoms with Gasteiger partial charge in [0, 0.05) is 20.2 Å². The second kappa shape index (κ2) is 5.70. The first kappa shape index (κ1) is 15.9. The summed E-state index contributed by atoms with van der Waals surface area (Å²) in [5.74, 6) is -0.0934. The molecule has 5 nitrogen and oxygen atoms in total. The van der Waals surface area contributed by atoms with Gasteiger partial charge in [-0.15, -0.1) is 0 Å². The summed E-state index contributed by atoms with van der Waals surface area (Å²) in [5.41, 5.74) is -0.937. The highest BCUT2D eigenvalue weighted by Gasteiger charge is 2.33. The molecule has 118 valence electrons. The summed E-state index contributed by atoms with van der Waals surface area (Å²) in [6.07, 6.45) is -4.43. The van der Waals surface area contributed by atoms with Crippen molar-refractivity contribution in [2.45, 2.75) is 12.6 Å². The molecule has 0 unspecified atom stereocenters. The van der Waals surface area contributed by atoms with Crippen LogP contribution in [0.4, 0.5) is 13.2 Å². The number of hydrogen-bond donors (Lipinski definition) is 1. The molecule has 0 atom stereocenters. The second-order valence-corrected chi connectivity index (χ2v) is 4.97. The molecule has 2 aromatic rings. The number of alkyl halides is 3. The van der Waals surface area contributed by atoms with Crippen molar-refractivity contribution in [1.29, 1.82) is 0 Å². The third-order valence-electron chi connectivity index (χ3n) is 3.07. The summed E-state index contributed by atoms with van der Waals surface area (Å²) >= 11 is 0. The van der Waals surface area contributed by atoms with Gasteiger partial charge < -0.3 is 4.90 Å². The average molecular weight is 313 g/mol. The zero-order valence-corrected chi connectivity index (χ0v) is 11.9. The van der Waals surface area contributed by atoms with Crippen LogP contribution in [-0.2, 0) is 17.4 Å². The highest BCUT2D eigenvalue weighted by atomic mass is 19.4. The Labute approximate surface area is 123 Å².